The van der Waals surface area contributed by atoms with Gasteiger partial charge in [-0.1, -0.05) is 56.3 Å². The van der Waals surface area contributed by atoms with Crippen LogP contribution in [0, 0.1) is 5.92 Å². The zero-order chi connectivity index (χ0) is 15.1. The smallest absolute Gasteiger partial charge is 0.494 e. The molecule has 22 heavy (non-hydrogen) atoms. The fraction of sp³-hybridized carbons (Fsp3) is 0.278. The van der Waals surface area contributed by atoms with E-state index in [0.717, 1.165) is 29.6 Å². The Kier molecular flexibility index (Phi) is 8.50. The summed E-state index contributed by atoms with van der Waals surface area (Å²) in [4.78, 5) is 12.1. The Morgan fingerprint density at radius 1 is 1.05 bits per heavy atom. The van der Waals surface area contributed by atoms with Gasteiger partial charge in [-0.05, 0) is 30.0 Å². The van der Waals surface area contributed by atoms with Crippen molar-refractivity contribution in [2.75, 3.05) is 6.61 Å². The second-order valence-electron chi connectivity index (χ2n) is 5.31. The summed E-state index contributed by atoms with van der Waals surface area (Å²) < 4.78 is 5.67. The minimum Gasteiger partial charge on any atom is -0.494 e. The van der Waals surface area contributed by atoms with Crippen LogP contribution in [0.5, 0.6) is 5.75 Å². The van der Waals surface area contributed by atoms with Gasteiger partial charge in [-0.15, -0.1) is 0 Å². The maximum atomic E-state index is 12.1. The van der Waals surface area contributed by atoms with Crippen LogP contribution in [0.2, 0.25) is 0 Å². The molecule has 0 aliphatic rings. The van der Waals surface area contributed by atoms with E-state index < -0.39 is 0 Å². The Morgan fingerprint density at radius 2 is 1.68 bits per heavy atom. The van der Waals surface area contributed by atoms with E-state index in [1.807, 2.05) is 54.6 Å². The third-order valence-corrected chi connectivity index (χ3v) is 4.07. The van der Waals surface area contributed by atoms with Crippen LogP contribution in [0.3, 0.4) is 0 Å². The molecule has 0 fully saturated rings. The molecule has 2 aromatic rings. The van der Waals surface area contributed by atoms with Crippen LogP contribution in [0.1, 0.15) is 30.6 Å². The van der Waals surface area contributed by atoms with Crippen molar-refractivity contribution < 1.29 is 28.4 Å². The van der Waals surface area contributed by atoms with Gasteiger partial charge in [0, 0.05) is 5.52 Å². The molecule has 0 aromatic heterocycles. The molecule has 2 aromatic carbocycles. The number of hydrogen-bond acceptors (Lipinski definition) is 2. The largest absolute Gasteiger partial charge is 1.00 e. The third-order valence-electron chi connectivity index (χ3n) is 3.05. The van der Waals surface area contributed by atoms with Crippen LogP contribution < -0.4 is 28.9 Å². The molecule has 2 nitrogen and oxygen atoms in total. The van der Waals surface area contributed by atoms with Crippen molar-refractivity contribution in [1.29, 1.82) is 0 Å². The van der Waals surface area contributed by atoms with Crippen molar-refractivity contribution in [3.05, 3.63) is 60.2 Å². The maximum Gasteiger partial charge on any atom is 1.00 e. The molecule has 0 spiro atoms. The normalized spacial score (nSPS) is 10.7. The van der Waals surface area contributed by atoms with Gasteiger partial charge < -0.3 is 18.1 Å². The average Bonchev–Trinajstić information content (AvgIpc) is 2.49. The number of ether oxygens (including phenoxy) is 1. The Balaban J connectivity index is 0.00000242. The van der Waals surface area contributed by atoms with E-state index >= 15 is 0 Å². The molecule has 0 aliphatic heterocycles. The van der Waals surface area contributed by atoms with Crippen LogP contribution in [0.15, 0.2) is 54.6 Å². The Bertz CT molecular complexity index is 567. The molecule has 0 atom stereocenters. The van der Waals surface area contributed by atoms with Crippen LogP contribution in [0.4, 0.5) is 0 Å². The van der Waals surface area contributed by atoms with Gasteiger partial charge in [-0.25, -0.2) is 0 Å². The molecule has 0 amide bonds. The fourth-order valence-corrected chi connectivity index (χ4v) is 2.60. The molecule has 4 heteroatoms. The SMILES string of the molecule is CC(C)CCOc1ccc([P-]C(=O)c2ccccc2)cc1.[Li+]. The number of benzene rings is 2. The Morgan fingerprint density at radius 3 is 2.27 bits per heavy atom. The standard InChI is InChI=1S/C18H20O2P.Li/c1-14(2)12-13-20-16-8-10-17(11-9-16)21-18(19)15-6-4-3-5-7-15;/h3-11,14H,12-13H2,1-2H3;/q-1;+1. The first kappa shape index (κ1) is 19.0. The number of carbonyl (C=O) groups excluding carboxylic acids is 1. The minimum atomic E-state index is 0. The number of carbonyl (C=O) groups is 1. The first-order chi connectivity index (χ1) is 10.1. The number of hydrogen-bond donors (Lipinski definition) is 0. The van der Waals surface area contributed by atoms with Crippen molar-refractivity contribution in [3.63, 3.8) is 0 Å². The molecule has 0 saturated carbocycles. The summed E-state index contributed by atoms with van der Waals surface area (Å²) in [7, 11) is 0.698. The van der Waals surface area contributed by atoms with E-state index in [1.54, 1.807) is 0 Å². The average molecular weight is 306 g/mol. The summed E-state index contributed by atoms with van der Waals surface area (Å²) in [6, 6.07) is 17.1. The third kappa shape index (κ3) is 6.37. The molecule has 0 N–H and O–H groups in total. The van der Waals surface area contributed by atoms with E-state index in [1.165, 1.54) is 0 Å². The molecule has 2 rings (SSSR count). The zero-order valence-corrected chi connectivity index (χ0v) is 14.3. The molecule has 0 radical (unpaired) electrons. The first-order valence-corrected chi connectivity index (χ1v) is 8.08. The van der Waals surface area contributed by atoms with Gasteiger partial charge in [0.2, 0.25) is 0 Å². The maximum absolute atomic E-state index is 12.1. The van der Waals surface area contributed by atoms with Gasteiger partial charge in [-0.3, -0.25) is 0 Å². The summed E-state index contributed by atoms with van der Waals surface area (Å²) in [5, 5.41) is 0.986. The first-order valence-electron chi connectivity index (χ1n) is 7.19. The Hall–Kier alpha value is -1.06. The minimum absolute atomic E-state index is 0. The second-order valence-corrected chi connectivity index (χ2v) is 6.45. The predicted molar refractivity (Wildman–Crippen MR) is 88.7 cm³/mol. The van der Waals surface area contributed by atoms with Gasteiger partial charge in [-0.2, -0.15) is 5.30 Å². The molecule has 0 saturated heterocycles. The summed E-state index contributed by atoms with van der Waals surface area (Å²) in [5.74, 6) is 1.51. The van der Waals surface area contributed by atoms with E-state index in [-0.39, 0.29) is 24.4 Å². The molecular formula is C18H20LiO2P. The molecule has 0 unspecified atom stereocenters. The molecule has 110 valence electrons. The van der Waals surface area contributed by atoms with E-state index in [0.29, 0.717) is 14.5 Å². The monoisotopic (exact) mass is 306 g/mol. The molecule has 0 heterocycles. The van der Waals surface area contributed by atoms with Crippen molar-refractivity contribution in [2.45, 2.75) is 20.3 Å². The van der Waals surface area contributed by atoms with Crippen molar-refractivity contribution in [1.82, 2.24) is 0 Å². The van der Waals surface area contributed by atoms with Gasteiger partial charge >= 0.3 is 18.9 Å². The quantitative estimate of drug-likeness (QED) is 0.573. The van der Waals surface area contributed by atoms with E-state index in [2.05, 4.69) is 13.8 Å². The Labute approximate surface area is 146 Å². The van der Waals surface area contributed by atoms with Crippen LogP contribution >= 0.6 is 8.58 Å². The van der Waals surface area contributed by atoms with Gasteiger partial charge in [0.15, 0.2) is 0 Å². The summed E-state index contributed by atoms with van der Waals surface area (Å²) >= 11 is 0. The zero-order valence-electron chi connectivity index (χ0n) is 13.5. The van der Waals surface area contributed by atoms with Gasteiger partial charge in [0.25, 0.3) is 0 Å². The van der Waals surface area contributed by atoms with Crippen LogP contribution in [-0.2, 0) is 0 Å². The molecule has 0 aliphatic carbocycles. The van der Waals surface area contributed by atoms with Gasteiger partial charge in [0.1, 0.15) is 5.75 Å². The van der Waals surface area contributed by atoms with E-state index in [4.69, 9.17) is 4.74 Å². The summed E-state index contributed by atoms with van der Waals surface area (Å²) in [6.45, 7) is 5.10. The van der Waals surface area contributed by atoms with E-state index in [9.17, 15) is 4.79 Å². The van der Waals surface area contributed by atoms with Crippen LogP contribution in [0.25, 0.3) is 0 Å². The summed E-state index contributed by atoms with van der Waals surface area (Å²) in [5.41, 5.74) is 0.862. The number of rotatable bonds is 7. The van der Waals surface area contributed by atoms with Gasteiger partial charge in [0.05, 0.1) is 6.61 Å². The van der Waals surface area contributed by atoms with Crippen LogP contribution in [-0.4, -0.2) is 12.1 Å². The molecular weight excluding hydrogens is 286 g/mol. The topological polar surface area (TPSA) is 26.3 Å². The fourth-order valence-electron chi connectivity index (χ4n) is 1.79. The second kappa shape index (κ2) is 9.85. The van der Waals surface area contributed by atoms with Crippen molar-refractivity contribution >= 4 is 19.4 Å². The van der Waals surface area contributed by atoms with Crippen molar-refractivity contribution in [2.24, 2.45) is 5.92 Å². The predicted octanol–water partition coefficient (Wildman–Crippen LogP) is 1.53. The molecule has 0 bridgehead atoms. The summed E-state index contributed by atoms with van der Waals surface area (Å²) in [6.07, 6.45) is 1.05. The van der Waals surface area contributed by atoms with Crippen molar-refractivity contribution in [3.8, 4) is 5.75 Å².